The molecule has 1 amide bonds. The van der Waals surface area contributed by atoms with Gasteiger partial charge in [-0.25, -0.2) is 9.67 Å². The van der Waals surface area contributed by atoms with Gasteiger partial charge in [0.2, 0.25) is 5.95 Å². The quantitative estimate of drug-likeness (QED) is 0.480. The van der Waals surface area contributed by atoms with Gasteiger partial charge in [0.15, 0.2) is 5.69 Å². The highest BCUT2D eigenvalue weighted by molar-refractivity contribution is 6.30. The van der Waals surface area contributed by atoms with Crippen LogP contribution >= 0.6 is 11.6 Å². The van der Waals surface area contributed by atoms with Crippen LogP contribution in [0.5, 0.6) is 5.75 Å². The lowest BCUT2D eigenvalue weighted by atomic mass is 10.2. The Hall–Kier alpha value is -3.65. The molecule has 0 atom stereocenters. The van der Waals surface area contributed by atoms with Gasteiger partial charge in [0.1, 0.15) is 24.4 Å². The van der Waals surface area contributed by atoms with Crippen molar-refractivity contribution in [1.82, 2.24) is 19.9 Å². The lowest BCUT2D eigenvalue weighted by Crippen LogP contribution is -2.16. The van der Waals surface area contributed by atoms with Gasteiger partial charge in [-0.3, -0.25) is 10.1 Å². The smallest absolute Gasteiger partial charge is 0.280 e. The van der Waals surface area contributed by atoms with Crippen molar-refractivity contribution < 1.29 is 14.1 Å². The summed E-state index contributed by atoms with van der Waals surface area (Å²) < 4.78 is 12.6. The second kappa shape index (κ2) is 8.79. The molecule has 0 fully saturated rings. The molecule has 0 aliphatic heterocycles. The molecule has 2 heterocycles. The van der Waals surface area contributed by atoms with Crippen LogP contribution < -0.4 is 10.1 Å². The summed E-state index contributed by atoms with van der Waals surface area (Å²) in [6.45, 7) is 2.37. The molecule has 0 bridgehead atoms. The van der Waals surface area contributed by atoms with Crippen molar-refractivity contribution in [3.63, 3.8) is 0 Å². The van der Waals surface area contributed by atoms with Gasteiger partial charge in [-0.2, -0.15) is 0 Å². The molecule has 0 spiro atoms. The number of hydrogen-bond donors (Lipinski definition) is 1. The number of nitrogens with one attached hydrogen (secondary N) is 1. The lowest BCUT2D eigenvalue weighted by molar-refractivity contribution is 0.101. The highest BCUT2D eigenvalue weighted by Crippen LogP contribution is 2.21. The van der Waals surface area contributed by atoms with Gasteiger partial charge < -0.3 is 9.26 Å². The maximum atomic E-state index is 12.7. The highest BCUT2D eigenvalue weighted by atomic mass is 35.5. The number of nitrogens with zero attached hydrogens (tertiary/aromatic N) is 4. The van der Waals surface area contributed by atoms with Crippen molar-refractivity contribution in [3.8, 4) is 5.75 Å². The van der Waals surface area contributed by atoms with E-state index in [0.29, 0.717) is 28.6 Å². The molecule has 4 aromatic rings. The van der Waals surface area contributed by atoms with Gasteiger partial charge in [0.25, 0.3) is 5.91 Å². The first-order valence-corrected chi connectivity index (χ1v) is 9.54. The fourth-order valence-corrected chi connectivity index (χ4v) is 2.99. The summed E-state index contributed by atoms with van der Waals surface area (Å²) in [4.78, 5) is 16.8. The summed E-state index contributed by atoms with van der Waals surface area (Å²) in [5.74, 6) is 0.771. The van der Waals surface area contributed by atoms with E-state index < -0.39 is 5.91 Å². The molecule has 2 aromatic carbocycles. The zero-order chi connectivity index (χ0) is 20.9. The van der Waals surface area contributed by atoms with E-state index in [1.165, 1.54) is 0 Å². The van der Waals surface area contributed by atoms with Crippen molar-refractivity contribution in [1.29, 1.82) is 0 Å². The Morgan fingerprint density at radius 2 is 2.03 bits per heavy atom. The van der Waals surface area contributed by atoms with E-state index in [-0.39, 0.29) is 18.2 Å². The predicted octanol–water partition coefficient (Wildman–Crippen LogP) is 4.11. The molecular weight excluding hydrogens is 406 g/mol. The second-order valence-electron chi connectivity index (χ2n) is 6.52. The Morgan fingerprint density at radius 1 is 1.20 bits per heavy atom. The minimum atomic E-state index is -0.478. The number of carbonyl (C=O) groups is 1. The Labute approximate surface area is 177 Å². The average molecular weight is 424 g/mol. The fraction of sp³-hybridized carbons (Fsp3) is 0.143. The molecule has 0 radical (unpaired) electrons. The molecule has 0 unspecified atom stereocenters. The first kappa shape index (κ1) is 19.7. The highest BCUT2D eigenvalue weighted by Gasteiger charge is 2.21. The third kappa shape index (κ3) is 4.66. The summed E-state index contributed by atoms with van der Waals surface area (Å²) >= 11 is 5.97. The number of hydrogen-bond acceptors (Lipinski definition) is 6. The van der Waals surface area contributed by atoms with Crippen LogP contribution in [0.3, 0.4) is 0 Å². The van der Waals surface area contributed by atoms with Crippen LogP contribution in [0, 0.1) is 6.92 Å². The number of ether oxygens (including phenoxy) is 1. The monoisotopic (exact) mass is 423 g/mol. The number of aromatic nitrogens is 4. The Kier molecular flexibility index (Phi) is 5.76. The molecule has 4 rings (SSSR count). The van der Waals surface area contributed by atoms with E-state index in [2.05, 4.69) is 20.6 Å². The van der Waals surface area contributed by atoms with Crippen LogP contribution in [0.15, 0.2) is 65.4 Å². The maximum Gasteiger partial charge on any atom is 0.280 e. The summed E-state index contributed by atoms with van der Waals surface area (Å²) in [5.41, 5.74) is 1.73. The van der Waals surface area contributed by atoms with Gasteiger partial charge in [0.05, 0.1) is 12.1 Å². The maximum absolute atomic E-state index is 12.7. The number of halogens is 1. The summed E-state index contributed by atoms with van der Waals surface area (Å²) in [5, 5.41) is 11.3. The molecular formula is C21H18ClN5O3. The summed E-state index contributed by atoms with van der Waals surface area (Å²) in [7, 11) is 0. The molecule has 152 valence electrons. The predicted molar refractivity (Wildman–Crippen MR) is 111 cm³/mol. The van der Waals surface area contributed by atoms with Crippen LogP contribution in [-0.4, -0.2) is 25.8 Å². The normalized spacial score (nSPS) is 10.7. The summed E-state index contributed by atoms with van der Waals surface area (Å²) in [6, 6.07) is 16.8. The number of anilines is 1. The minimum absolute atomic E-state index is 0.105. The van der Waals surface area contributed by atoms with E-state index >= 15 is 0 Å². The fourth-order valence-electron chi connectivity index (χ4n) is 2.81. The van der Waals surface area contributed by atoms with Crippen LogP contribution in [0.25, 0.3) is 0 Å². The Bertz CT molecular complexity index is 1160. The third-order valence-electron chi connectivity index (χ3n) is 4.33. The Balaban J connectivity index is 1.43. The largest absolute Gasteiger partial charge is 0.489 e. The second-order valence-corrected chi connectivity index (χ2v) is 6.95. The van der Waals surface area contributed by atoms with Crippen molar-refractivity contribution in [2.24, 2.45) is 0 Å². The number of aryl methyl sites for hydroxylation is 1. The SMILES string of the molecule is Cc1onc(C(=O)Nc2ncn(Cc3ccccc3)n2)c1COc1cccc(Cl)c1. The van der Waals surface area contributed by atoms with Crippen molar-refractivity contribution in [2.45, 2.75) is 20.1 Å². The Morgan fingerprint density at radius 3 is 2.83 bits per heavy atom. The number of rotatable bonds is 7. The van der Waals surface area contributed by atoms with Crippen LogP contribution in [0.1, 0.15) is 27.4 Å². The molecule has 9 heteroatoms. The first-order chi connectivity index (χ1) is 14.6. The molecule has 30 heavy (non-hydrogen) atoms. The van der Waals surface area contributed by atoms with Gasteiger partial charge in [-0.15, -0.1) is 5.10 Å². The van der Waals surface area contributed by atoms with Crippen LogP contribution in [0.4, 0.5) is 5.95 Å². The van der Waals surface area contributed by atoms with E-state index in [9.17, 15) is 4.79 Å². The number of carbonyl (C=O) groups excluding carboxylic acids is 1. The molecule has 1 N–H and O–H groups in total. The van der Waals surface area contributed by atoms with Gasteiger partial charge >= 0.3 is 0 Å². The lowest BCUT2D eigenvalue weighted by Gasteiger charge is -2.06. The van der Waals surface area contributed by atoms with Crippen molar-refractivity contribution in [2.75, 3.05) is 5.32 Å². The topological polar surface area (TPSA) is 95.1 Å². The van der Waals surface area contributed by atoms with Crippen LogP contribution in [0.2, 0.25) is 5.02 Å². The van der Waals surface area contributed by atoms with Gasteiger partial charge in [-0.1, -0.05) is 53.2 Å². The van der Waals surface area contributed by atoms with E-state index in [1.54, 1.807) is 42.2 Å². The molecule has 0 aliphatic rings. The molecule has 0 saturated heterocycles. The summed E-state index contributed by atoms with van der Waals surface area (Å²) in [6.07, 6.45) is 1.56. The van der Waals surface area contributed by atoms with E-state index in [1.807, 2.05) is 30.3 Å². The zero-order valence-electron chi connectivity index (χ0n) is 16.1. The van der Waals surface area contributed by atoms with Gasteiger partial charge in [-0.05, 0) is 30.7 Å². The van der Waals surface area contributed by atoms with Crippen molar-refractivity contribution in [3.05, 3.63) is 88.5 Å². The average Bonchev–Trinajstić information content (AvgIpc) is 3.33. The molecule has 8 nitrogen and oxygen atoms in total. The molecule has 0 aliphatic carbocycles. The van der Waals surface area contributed by atoms with E-state index in [0.717, 1.165) is 5.56 Å². The van der Waals surface area contributed by atoms with Gasteiger partial charge in [0, 0.05) is 5.02 Å². The molecule has 0 saturated carbocycles. The first-order valence-electron chi connectivity index (χ1n) is 9.17. The third-order valence-corrected chi connectivity index (χ3v) is 4.56. The number of amides is 1. The zero-order valence-corrected chi connectivity index (χ0v) is 16.8. The van der Waals surface area contributed by atoms with E-state index in [4.69, 9.17) is 20.9 Å². The van der Waals surface area contributed by atoms with Crippen LogP contribution in [-0.2, 0) is 13.2 Å². The van der Waals surface area contributed by atoms with Crippen molar-refractivity contribution >= 4 is 23.5 Å². The number of benzene rings is 2. The molecule has 2 aromatic heterocycles. The standard InChI is InChI=1S/C21H18ClN5O3/c1-14-18(12-29-17-9-5-8-16(22)10-17)19(26-30-14)20(28)24-21-23-13-27(25-21)11-15-6-3-2-4-7-15/h2-10,13H,11-12H2,1H3,(H,24,25,28). The minimum Gasteiger partial charge on any atom is -0.489 e.